The molecule has 2 aromatic carbocycles. The van der Waals surface area contributed by atoms with Crippen molar-refractivity contribution in [3.63, 3.8) is 0 Å². The molecule has 0 amide bonds. The van der Waals surface area contributed by atoms with Gasteiger partial charge >= 0.3 is 5.97 Å². The van der Waals surface area contributed by atoms with Gasteiger partial charge in [-0.3, -0.25) is 0 Å². The van der Waals surface area contributed by atoms with Gasteiger partial charge in [-0.25, -0.2) is 4.79 Å². The maximum absolute atomic E-state index is 12.7. The van der Waals surface area contributed by atoms with Gasteiger partial charge in [-0.1, -0.05) is 42.5 Å². The van der Waals surface area contributed by atoms with Crippen LogP contribution in [0.15, 0.2) is 54.6 Å². The zero-order chi connectivity index (χ0) is 16.0. The van der Waals surface area contributed by atoms with Crippen LogP contribution >= 0.6 is 7.14 Å². The summed E-state index contributed by atoms with van der Waals surface area (Å²) in [5.41, 5.74) is 2.47. The second kappa shape index (κ2) is 7.42. The predicted molar refractivity (Wildman–Crippen MR) is 90.3 cm³/mol. The SMILES string of the molecule is CP(=O)(CCCc1ccccc1)Cc1ccc(C(=O)O)cc1. The van der Waals surface area contributed by atoms with Crippen LogP contribution in [0.1, 0.15) is 27.9 Å². The second-order valence-corrected chi connectivity index (χ2v) is 9.13. The molecule has 2 rings (SSSR count). The molecule has 1 atom stereocenters. The summed E-state index contributed by atoms with van der Waals surface area (Å²) in [6.45, 7) is 1.84. The van der Waals surface area contributed by atoms with Gasteiger partial charge in [0, 0.05) is 12.3 Å². The standard InChI is InChI=1S/C18H21O3P/c1-22(21,13-5-8-15-6-3-2-4-7-15)14-16-9-11-17(12-10-16)18(19)20/h2-4,6-7,9-12H,5,8,13-14H2,1H3,(H,19,20). The van der Waals surface area contributed by atoms with E-state index >= 15 is 0 Å². The van der Waals surface area contributed by atoms with Gasteiger partial charge in [0.15, 0.2) is 0 Å². The minimum Gasteiger partial charge on any atom is -0.478 e. The molecular weight excluding hydrogens is 295 g/mol. The Kier molecular flexibility index (Phi) is 5.57. The van der Waals surface area contributed by atoms with Gasteiger partial charge < -0.3 is 9.67 Å². The molecule has 0 radical (unpaired) electrons. The van der Waals surface area contributed by atoms with E-state index in [0.717, 1.165) is 18.4 Å². The van der Waals surface area contributed by atoms with Gasteiger partial charge in [0.1, 0.15) is 0 Å². The van der Waals surface area contributed by atoms with E-state index in [2.05, 4.69) is 12.1 Å². The van der Waals surface area contributed by atoms with E-state index in [1.807, 2.05) is 24.9 Å². The summed E-state index contributed by atoms with van der Waals surface area (Å²) in [5, 5.41) is 8.88. The minimum absolute atomic E-state index is 0.263. The van der Waals surface area contributed by atoms with Crippen LogP contribution in [0.25, 0.3) is 0 Å². The summed E-state index contributed by atoms with van der Waals surface area (Å²) in [5.74, 6) is -0.936. The maximum atomic E-state index is 12.7. The van der Waals surface area contributed by atoms with Gasteiger partial charge in [0.05, 0.1) is 12.7 Å². The summed E-state index contributed by atoms with van der Waals surface area (Å²) in [4.78, 5) is 10.8. The minimum atomic E-state index is -2.24. The smallest absolute Gasteiger partial charge is 0.335 e. The number of carboxylic acids is 1. The monoisotopic (exact) mass is 316 g/mol. The number of aryl methyl sites for hydroxylation is 1. The highest BCUT2D eigenvalue weighted by atomic mass is 31.2. The summed E-state index contributed by atoms with van der Waals surface area (Å²) in [6, 6.07) is 16.9. The first-order valence-corrected chi connectivity index (χ1v) is 9.90. The van der Waals surface area contributed by atoms with Gasteiger partial charge in [-0.15, -0.1) is 0 Å². The average molecular weight is 316 g/mol. The van der Waals surface area contributed by atoms with Gasteiger partial charge in [0.25, 0.3) is 0 Å². The molecule has 3 nitrogen and oxygen atoms in total. The Morgan fingerprint density at radius 1 is 1.00 bits per heavy atom. The fourth-order valence-corrected chi connectivity index (χ4v) is 4.45. The normalized spacial score (nSPS) is 13.5. The molecule has 0 aliphatic heterocycles. The Balaban J connectivity index is 1.87. The number of benzene rings is 2. The van der Waals surface area contributed by atoms with Crippen molar-refractivity contribution in [1.82, 2.24) is 0 Å². The fraction of sp³-hybridized carbons (Fsp3) is 0.278. The third kappa shape index (κ3) is 5.16. The molecule has 0 heterocycles. The Hall–Kier alpha value is -1.86. The van der Waals surface area contributed by atoms with Crippen molar-refractivity contribution in [3.8, 4) is 0 Å². The molecule has 0 fully saturated rings. The number of hydrogen-bond acceptors (Lipinski definition) is 2. The van der Waals surface area contributed by atoms with E-state index in [4.69, 9.17) is 5.11 Å². The summed E-state index contributed by atoms with van der Waals surface area (Å²) in [6.07, 6.45) is 3.09. The van der Waals surface area contributed by atoms with Crippen molar-refractivity contribution in [2.45, 2.75) is 19.0 Å². The van der Waals surface area contributed by atoms with E-state index in [1.54, 1.807) is 24.3 Å². The van der Waals surface area contributed by atoms with Gasteiger partial charge in [0.2, 0.25) is 0 Å². The molecule has 0 saturated heterocycles. The highest BCUT2D eigenvalue weighted by Gasteiger charge is 2.16. The van der Waals surface area contributed by atoms with Gasteiger partial charge in [-0.2, -0.15) is 0 Å². The van der Waals surface area contributed by atoms with E-state index in [1.165, 1.54) is 5.56 Å². The molecule has 0 aliphatic carbocycles. The first-order chi connectivity index (χ1) is 10.5. The summed E-state index contributed by atoms with van der Waals surface area (Å²) < 4.78 is 12.7. The zero-order valence-corrected chi connectivity index (χ0v) is 13.6. The lowest BCUT2D eigenvalue weighted by atomic mass is 10.1. The molecule has 0 aromatic heterocycles. The molecule has 22 heavy (non-hydrogen) atoms. The van der Waals surface area contributed by atoms with E-state index in [0.29, 0.717) is 12.3 Å². The Labute approximate surface area is 131 Å². The Morgan fingerprint density at radius 2 is 1.64 bits per heavy atom. The Bertz CT molecular complexity index is 662. The molecule has 1 unspecified atom stereocenters. The quantitative estimate of drug-likeness (QED) is 0.765. The molecule has 4 heteroatoms. The van der Waals surface area contributed by atoms with Gasteiger partial charge in [-0.05, 0) is 42.8 Å². The van der Waals surface area contributed by atoms with Crippen molar-refractivity contribution >= 4 is 13.1 Å². The lowest BCUT2D eigenvalue weighted by Crippen LogP contribution is -1.98. The van der Waals surface area contributed by atoms with Crippen molar-refractivity contribution in [3.05, 3.63) is 71.3 Å². The highest BCUT2D eigenvalue weighted by Crippen LogP contribution is 2.45. The van der Waals surface area contributed by atoms with Crippen LogP contribution in [0.4, 0.5) is 0 Å². The predicted octanol–water partition coefficient (Wildman–Crippen LogP) is 4.51. The largest absolute Gasteiger partial charge is 0.478 e. The molecule has 0 spiro atoms. The third-order valence-electron chi connectivity index (χ3n) is 3.66. The molecule has 116 valence electrons. The molecular formula is C18H21O3P. The maximum Gasteiger partial charge on any atom is 0.335 e. The molecule has 0 saturated carbocycles. The zero-order valence-electron chi connectivity index (χ0n) is 12.7. The summed E-state index contributed by atoms with van der Waals surface area (Å²) >= 11 is 0. The van der Waals surface area contributed by atoms with Crippen molar-refractivity contribution in [2.75, 3.05) is 12.8 Å². The molecule has 1 N–H and O–H groups in total. The van der Waals surface area contributed by atoms with Crippen LogP contribution in [0, 0.1) is 0 Å². The second-order valence-electron chi connectivity index (χ2n) is 5.77. The van der Waals surface area contributed by atoms with Crippen LogP contribution in [0.2, 0.25) is 0 Å². The molecule has 2 aromatic rings. The van der Waals surface area contributed by atoms with Crippen LogP contribution in [0.3, 0.4) is 0 Å². The molecule has 0 bridgehead atoms. The lowest BCUT2D eigenvalue weighted by Gasteiger charge is -2.13. The van der Waals surface area contributed by atoms with Crippen LogP contribution in [-0.2, 0) is 17.1 Å². The van der Waals surface area contributed by atoms with Crippen molar-refractivity contribution in [2.24, 2.45) is 0 Å². The van der Waals surface area contributed by atoms with Crippen LogP contribution in [0.5, 0.6) is 0 Å². The topological polar surface area (TPSA) is 54.4 Å². The number of aromatic carboxylic acids is 1. The first-order valence-electron chi connectivity index (χ1n) is 7.38. The number of carboxylic acid groups (broad SMARTS) is 1. The number of hydrogen-bond donors (Lipinski definition) is 1. The molecule has 0 aliphatic rings. The Morgan fingerprint density at radius 3 is 2.23 bits per heavy atom. The van der Waals surface area contributed by atoms with E-state index in [9.17, 15) is 9.36 Å². The first kappa shape index (κ1) is 16.5. The fourth-order valence-electron chi connectivity index (χ4n) is 2.48. The number of rotatable bonds is 7. The average Bonchev–Trinajstić information content (AvgIpc) is 2.48. The number of carbonyl (C=O) groups is 1. The summed E-state index contributed by atoms with van der Waals surface area (Å²) in [7, 11) is -2.24. The third-order valence-corrected chi connectivity index (χ3v) is 5.95. The van der Waals surface area contributed by atoms with Crippen LogP contribution in [-0.4, -0.2) is 23.9 Å². The van der Waals surface area contributed by atoms with Crippen molar-refractivity contribution in [1.29, 1.82) is 0 Å². The van der Waals surface area contributed by atoms with Crippen molar-refractivity contribution < 1.29 is 14.5 Å². The highest BCUT2D eigenvalue weighted by molar-refractivity contribution is 7.62. The van der Waals surface area contributed by atoms with Crippen LogP contribution < -0.4 is 0 Å². The lowest BCUT2D eigenvalue weighted by molar-refractivity contribution is 0.0697. The van der Waals surface area contributed by atoms with E-state index in [-0.39, 0.29) is 5.56 Å². The van der Waals surface area contributed by atoms with E-state index < -0.39 is 13.1 Å².